The minimum atomic E-state index is -0.442. The summed E-state index contributed by atoms with van der Waals surface area (Å²) in [6.45, 7) is 3.65. The number of nitrogens with one attached hydrogen (secondary N) is 1. The number of nitrogens with zero attached hydrogens (tertiary/aromatic N) is 4. The average Bonchev–Trinajstić information content (AvgIpc) is 3.15. The standard InChI is InChI=1S/C19H19Cl2N5O2S/c1-11(14-9-8-13(20)10-15(14)21)22-18(27)12(2)29-19-23-24-25-26(19)16-6-4-5-7-17(16)28-3/h4-12H,1-3H3,(H,22,27). The van der Waals surface area contributed by atoms with Gasteiger partial charge in [0.1, 0.15) is 11.4 Å². The number of aromatic nitrogens is 4. The van der Waals surface area contributed by atoms with Crippen LogP contribution >= 0.6 is 35.0 Å². The number of carbonyl (C=O) groups is 1. The maximum Gasteiger partial charge on any atom is 0.233 e. The van der Waals surface area contributed by atoms with E-state index in [4.69, 9.17) is 27.9 Å². The maximum absolute atomic E-state index is 12.7. The van der Waals surface area contributed by atoms with Crippen LogP contribution in [0.15, 0.2) is 47.6 Å². The summed E-state index contributed by atoms with van der Waals surface area (Å²) < 4.78 is 6.92. The molecule has 0 aliphatic carbocycles. The summed E-state index contributed by atoms with van der Waals surface area (Å²) in [6, 6.07) is 12.3. The van der Waals surface area contributed by atoms with Gasteiger partial charge in [-0.25, -0.2) is 0 Å². The molecule has 1 aromatic heterocycles. The zero-order chi connectivity index (χ0) is 21.0. The Balaban J connectivity index is 1.72. The van der Waals surface area contributed by atoms with Crippen molar-refractivity contribution in [1.82, 2.24) is 25.5 Å². The van der Waals surface area contributed by atoms with Gasteiger partial charge in [0.2, 0.25) is 11.1 Å². The van der Waals surface area contributed by atoms with E-state index in [0.29, 0.717) is 26.6 Å². The molecule has 3 rings (SSSR count). The molecular weight excluding hydrogens is 433 g/mol. The molecule has 2 atom stereocenters. The molecule has 0 fully saturated rings. The summed E-state index contributed by atoms with van der Waals surface area (Å²) in [7, 11) is 1.58. The zero-order valence-electron chi connectivity index (χ0n) is 16.0. The van der Waals surface area contributed by atoms with Crippen LogP contribution < -0.4 is 10.1 Å². The van der Waals surface area contributed by atoms with E-state index in [1.807, 2.05) is 31.2 Å². The van der Waals surface area contributed by atoms with E-state index < -0.39 is 5.25 Å². The number of halogens is 2. The number of hydrogen-bond donors (Lipinski definition) is 1. The van der Waals surface area contributed by atoms with Crippen LogP contribution in [0.2, 0.25) is 10.0 Å². The largest absolute Gasteiger partial charge is 0.494 e. The monoisotopic (exact) mass is 451 g/mol. The Labute approximate surface area is 182 Å². The quantitative estimate of drug-likeness (QED) is 0.538. The van der Waals surface area contributed by atoms with E-state index in [1.165, 1.54) is 11.8 Å². The number of rotatable bonds is 7. The minimum Gasteiger partial charge on any atom is -0.494 e. The van der Waals surface area contributed by atoms with Gasteiger partial charge in [0.05, 0.1) is 18.4 Å². The van der Waals surface area contributed by atoms with Gasteiger partial charge in [-0.15, -0.1) is 5.10 Å². The van der Waals surface area contributed by atoms with Gasteiger partial charge in [-0.05, 0) is 54.1 Å². The van der Waals surface area contributed by atoms with E-state index in [1.54, 1.807) is 36.9 Å². The Bertz CT molecular complexity index is 1010. The molecule has 0 radical (unpaired) electrons. The predicted octanol–water partition coefficient (Wildman–Crippen LogP) is 4.34. The van der Waals surface area contributed by atoms with Crippen molar-refractivity contribution >= 4 is 40.9 Å². The fourth-order valence-corrected chi connectivity index (χ4v) is 4.06. The number of hydrogen-bond acceptors (Lipinski definition) is 6. The number of amides is 1. The Morgan fingerprint density at radius 1 is 1.21 bits per heavy atom. The summed E-state index contributed by atoms with van der Waals surface area (Å²) in [5.41, 5.74) is 1.48. The maximum atomic E-state index is 12.7. The molecular formula is C19H19Cl2N5O2S. The van der Waals surface area contributed by atoms with Crippen molar-refractivity contribution in [2.75, 3.05) is 7.11 Å². The first-order valence-electron chi connectivity index (χ1n) is 8.74. The van der Waals surface area contributed by atoms with E-state index in [0.717, 1.165) is 5.56 Å². The van der Waals surface area contributed by atoms with Crippen molar-refractivity contribution in [2.24, 2.45) is 0 Å². The number of methoxy groups -OCH3 is 1. The van der Waals surface area contributed by atoms with Gasteiger partial charge in [0.25, 0.3) is 0 Å². The van der Waals surface area contributed by atoms with Gasteiger partial charge >= 0.3 is 0 Å². The van der Waals surface area contributed by atoms with E-state index >= 15 is 0 Å². The molecule has 2 aromatic carbocycles. The molecule has 3 aromatic rings. The third-order valence-electron chi connectivity index (χ3n) is 4.19. The van der Waals surface area contributed by atoms with E-state index in [-0.39, 0.29) is 11.9 Å². The molecule has 1 amide bonds. The van der Waals surface area contributed by atoms with Crippen LogP contribution in [0.3, 0.4) is 0 Å². The highest BCUT2D eigenvalue weighted by Gasteiger charge is 2.22. The topological polar surface area (TPSA) is 81.9 Å². The Kier molecular flexibility index (Phi) is 7.00. The predicted molar refractivity (Wildman–Crippen MR) is 114 cm³/mol. The lowest BCUT2D eigenvalue weighted by Gasteiger charge is -2.18. The Morgan fingerprint density at radius 2 is 1.97 bits per heavy atom. The van der Waals surface area contributed by atoms with Gasteiger partial charge in [0.15, 0.2) is 0 Å². The molecule has 7 nitrogen and oxygen atoms in total. The highest BCUT2D eigenvalue weighted by molar-refractivity contribution is 8.00. The van der Waals surface area contributed by atoms with Crippen molar-refractivity contribution < 1.29 is 9.53 Å². The molecule has 0 aliphatic rings. The average molecular weight is 452 g/mol. The molecule has 2 unspecified atom stereocenters. The van der Waals surface area contributed by atoms with Crippen LogP contribution in [-0.2, 0) is 4.79 Å². The third-order valence-corrected chi connectivity index (χ3v) is 5.79. The Morgan fingerprint density at radius 3 is 2.69 bits per heavy atom. The van der Waals surface area contributed by atoms with Gasteiger partial charge in [-0.2, -0.15) is 4.68 Å². The van der Waals surface area contributed by atoms with Crippen molar-refractivity contribution in [3.8, 4) is 11.4 Å². The van der Waals surface area contributed by atoms with Crippen LogP contribution in [0.25, 0.3) is 5.69 Å². The molecule has 0 bridgehead atoms. The molecule has 0 saturated heterocycles. The highest BCUT2D eigenvalue weighted by atomic mass is 35.5. The molecule has 1 heterocycles. The fourth-order valence-electron chi connectivity index (χ4n) is 2.68. The lowest BCUT2D eigenvalue weighted by molar-refractivity contribution is -0.120. The second-order valence-corrected chi connectivity index (χ2v) is 8.35. The van der Waals surface area contributed by atoms with E-state index in [9.17, 15) is 4.79 Å². The number of carbonyl (C=O) groups excluding carboxylic acids is 1. The Hall–Kier alpha value is -2.29. The normalized spacial score (nSPS) is 13.0. The van der Waals surface area contributed by atoms with Crippen LogP contribution in [-0.4, -0.2) is 38.5 Å². The van der Waals surface area contributed by atoms with Gasteiger partial charge in [0, 0.05) is 10.0 Å². The van der Waals surface area contributed by atoms with Gasteiger partial charge in [-0.3, -0.25) is 4.79 Å². The summed E-state index contributed by atoms with van der Waals surface area (Å²) in [5, 5.41) is 15.9. The number of thioether (sulfide) groups is 1. The molecule has 10 heteroatoms. The first-order chi connectivity index (χ1) is 13.9. The van der Waals surface area contributed by atoms with Crippen molar-refractivity contribution in [3.63, 3.8) is 0 Å². The number of para-hydroxylation sites is 2. The molecule has 1 N–H and O–H groups in total. The van der Waals surface area contributed by atoms with Crippen LogP contribution in [0, 0.1) is 0 Å². The molecule has 0 saturated carbocycles. The van der Waals surface area contributed by atoms with Gasteiger partial charge < -0.3 is 10.1 Å². The number of ether oxygens (including phenoxy) is 1. The highest BCUT2D eigenvalue weighted by Crippen LogP contribution is 2.29. The lowest BCUT2D eigenvalue weighted by Crippen LogP contribution is -2.33. The van der Waals surface area contributed by atoms with Crippen molar-refractivity contribution in [3.05, 3.63) is 58.1 Å². The van der Waals surface area contributed by atoms with Crippen LogP contribution in [0.4, 0.5) is 0 Å². The van der Waals surface area contributed by atoms with Gasteiger partial charge in [-0.1, -0.05) is 53.2 Å². The summed E-state index contributed by atoms with van der Waals surface area (Å²) >= 11 is 13.4. The third kappa shape index (κ3) is 5.01. The fraction of sp³-hybridized carbons (Fsp3) is 0.263. The summed E-state index contributed by atoms with van der Waals surface area (Å²) in [4.78, 5) is 12.7. The molecule has 152 valence electrons. The van der Waals surface area contributed by atoms with Crippen molar-refractivity contribution in [2.45, 2.75) is 30.3 Å². The van der Waals surface area contributed by atoms with Crippen LogP contribution in [0.5, 0.6) is 5.75 Å². The van der Waals surface area contributed by atoms with E-state index in [2.05, 4.69) is 20.8 Å². The second-order valence-electron chi connectivity index (χ2n) is 6.20. The van der Waals surface area contributed by atoms with Crippen molar-refractivity contribution in [1.29, 1.82) is 0 Å². The molecule has 0 aliphatic heterocycles. The van der Waals surface area contributed by atoms with Crippen LogP contribution in [0.1, 0.15) is 25.5 Å². The summed E-state index contributed by atoms with van der Waals surface area (Å²) in [6.07, 6.45) is 0. The SMILES string of the molecule is COc1ccccc1-n1nnnc1SC(C)C(=O)NC(C)c1ccc(Cl)cc1Cl. The second kappa shape index (κ2) is 9.47. The zero-order valence-corrected chi connectivity index (χ0v) is 18.3. The smallest absolute Gasteiger partial charge is 0.233 e. The first kappa shape index (κ1) is 21.4. The lowest BCUT2D eigenvalue weighted by atomic mass is 10.1. The molecule has 29 heavy (non-hydrogen) atoms. The first-order valence-corrected chi connectivity index (χ1v) is 10.4. The number of benzene rings is 2. The number of tetrazole rings is 1. The minimum absolute atomic E-state index is 0.164. The molecule has 0 spiro atoms. The summed E-state index contributed by atoms with van der Waals surface area (Å²) in [5.74, 6) is 0.466.